The summed E-state index contributed by atoms with van der Waals surface area (Å²) in [5.41, 5.74) is 0.612. The molecule has 0 fully saturated rings. The van der Waals surface area contributed by atoms with Crippen molar-refractivity contribution in [3.63, 3.8) is 0 Å². The summed E-state index contributed by atoms with van der Waals surface area (Å²) in [4.78, 5) is 2.41. The molecule has 0 radical (unpaired) electrons. The molecule has 0 heterocycles. The first-order valence-electron chi connectivity index (χ1n) is 7.50. The minimum atomic E-state index is -0.557. The molecule has 20 heavy (non-hydrogen) atoms. The molecule has 1 rings (SSSR count). The van der Waals surface area contributed by atoms with Crippen molar-refractivity contribution in [3.8, 4) is 5.75 Å². The van der Waals surface area contributed by atoms with Gasteiger partial charge in [-0.1, -0.05) is 26.0 Å². The first kappa shape index (κ1) is 16.9. The van der Waals surface area contributed by atoms with Gasteiger partial charge in [-0.25, -0.2) is 4.39 Å². The maximum atomic E-state index is 13.2. The van der Waals surface area contributed by atoms with Crippen LogP contribution in [0.3, 0.4) is 0 Å². The van der Waals surface area contributed by atoms with E-state index in [9.17, 15) is 9.50 Å². The second-order valence-electron chi connectivity index (χ2n) is 5.20. The van der Waals surface area contributed by atoms with Gasteiger partial charge in [-0.15, -0.1) is 0 Å². The van der Waals surface area contributed by atoms with Crippen LogP contribution in [0.15, 0.2) is 18.2 Å². The highest BCUT2D eigenvalue weighted by molar-refractivity contribution is 5.33. The third-order valence-electron chi connectivity index (χ3n) is 3.72. The van der Waals surface area contributed by atoms with E-state index in [0.29, 0.717) is 18.2 Å². The molecule has 1 unspecified atom stereocenters. The lowest BCUT2D eigenvalue weighted by Crippen LogP contribution is -2.28. The van der Waals surface area contributed by atoms with Crippen LogP contribution in [0, 0.1) is 5.82 Å². The van der Waals surface area contributed by atoms with Gasteiger partial charge in [0.25, 0.3) is 0 Å². The Morgan fingerprint density at radius 2 is 2.00 bits per heavy atom. The van der Waals surface area contributed by atoms with Crippen LogP contribution >= 0.6 is 0 Å². The summed E-state index contributed by atoms with van der Waals surface area (Å²) in [5, 5.41) is 12.9. The number of rotatable bonds is 9. The van der Waals surface area contributed by atoms with Gasteiger partial charge < -0.3 is 15.3 Å². The van der Waals surface area contributed by atoms with Gasteiger partial charge in [0.15, 0.2) is 11.6 Å². The minimum absolute atomic E-state index is 0.240. The third kappa shape index (κ3) is 5.47. The van der Waals surface area contributed by atoms with Crippen LogP contribution in [0.1, 0.15) is 39.2 Å². The molecule has 2 N–H and O–H groups in total. The van der Waals surface area contributed by atoms with Crippen molar-refractivity contribution in [3.05, 3.63) is 29.6 Å². The molecule has 3 nitrogen and oxygen atoms in total. The van der Waals surface area contributed by atoms with E-state index in [1.165, 1.54) is 6.07 Å². The smallest absolute Gasteiger partial charge is 0.165 e. The average molecular weight is 282 g/mol. The fourth-order valence-electron chi connectivity index (χ4n) is 2.25. The number of phenolic OH excluding ortho intramolecular Hbond substituents is 1. The predicted molar refractivity (Wildman–Crippen MR) is 81.4 cm³/mol. The number of nitrogens with one attached hydrogen (secondary N) is 1. The summed E-state index contributed by atoms with van der Waals surface area (Å²) >= 11 is 0. The first-order chi connectivity index (χ1) is 9.58. The van der Waals surface area contributed by atoms with Gasteiger partial charge in [-0.3, -0.25) is 0 Å². The van der Waals surface area contributed by atoms with Crippen molar-refractivity contribution < 1.29 is 9.50 Å². The molecule has 0 amide bonds. The average Bonchev–Trinajstić information content (AvgIpc) is 2.45. The van der Waals surface area contributed by atoms with Gasteiger partial charge in [0.05, 0.1) is 0 Å². The summed E-state index contributed by atoms with van der Waals surface area (Å²) < 4.78 is 13.2. The number of hydrogen-bond acceptors (Lipinski definition) is 3. The Balaban J connectivity index is 2.29. The highest BCUT2D eigenvalue weighted by Crippen LogP contribution is 2.20. The molecule has 0 bridgehead atoms. The van der Waals surface area contributed by atoms with Crippen molar-refractivity contribution in [2.24, 2.45) is 0 Å². The van der Waals surface area contributed by atoms with Crippen LogP contribution in [0.4, 0.5) is 4.39 Å². The van der Waals surface area contributed by atoms with Crippen LogP contribution < -0.4 is 5.32 Å². The second kappa shape index (κ2) is 8.93. The number of aromatic hydroxyl groups is 1. The SMILES string of the molecule is CCN(CC)CCCC(C)NCc1cccc(F)c1O. The lowest BCUT2D eigenvalue weighted by Gasteiger charge is -2.20. The van der Waals surface area contributed by atoms with E-state index in [-0.39, 0.29) is 5.75 Å². The predicted octanol–water partition coefficient (Wildman–Crippen LogP) is 3.13. The molecule has 114 valence electrons. The zero-order valence-electron chi connectivity index (χ0n) is 12.8. The number of benzene rings is 1. The van der Waals surface area contributed by atoms with Crippen LogP contribution in [0.25, 0.3) is 0 Å². The van der Waals surface area contributed by atoms with E-state index in [1.54, 1.807) is 12.1 Å². The highest BCUT2D eigenvalue weighted by atomic mass is 19.1. The van der Waals surface area contributed by atoms with Crippen LogP contribution in [-0.2, 0) is 6.54 Å². The molecule has 1 atom stereocenters. The second-order valence-corrected chi connectivity index (χ2v) is 5.20. The molecule has 4 heteroatoms. The maximum absolute atomic E-state index is 13.2. The summed E-state index contributed by atoms with van der Waals surface area (Å²) in [6, 6.07) is 4.99. The number of nitrogens with zero attached hydrogens (tertiary/aromatic N) is 1. The number of para-hydroxylation sites is 1. The summed E-state index contributed by atoms with van der Waals surface area (Å²) in [7, 11) is 0. The first-order valence-corrected chi connectivity index (χ1v) is 7.50. The van der Waals surface area contributed by atoms with E-state index >= 15 is 0 Å². The summed E-state index contributed by atoms with van der Waals surface area (Å²) in [6.07, 6.45) is 2.22. The lowest BCUT2D eigenvalue weighted by molar-refractivity contribution is 0.290. The molecule has 0 aliphatic carbocycles. The molecule has 0 aliphatic rings. The Morgan fingerprint density at radius 1 is 1.30 bits per heavy atom. The quantitative estimate of drug-likeness (QED) is 0.730. The van der Waals surface area contributed by atoms with Gasteiger partial charge in [-0.05, 0) is 45.5 Å². The van der Waals surface area contributed by atoms with Crippen LogP contribution in [-0.4, -0.2) is 35.7 Å². The largest absolute Gasteiger partial charge is 0.505 e. The Kier molecular flexibility index (Phi) is 7.55. The number of hydrogen-bond donors (Lipinski definition) is 2. The lowest BCUT2D eigenvalue weighted by atomic mass is 10.1. The standard InChI is InChI=1S/C16H27FN2O/c1-4-19(5-2)11-7-8-13(3)18-12-14-9-6-10-15(17)16(14)20/h6,9-10,13,18,20H,4-5,7-8,11-12H2,1-3H3. The molecule has 0 saturated heterocycles. The summed E-state index contributed by atoms with van der Waals surface area (Å²) in [6.45, 7) is 10.3. The molecule has 0 aromatic heterocycles. The molecule has 0 saturated carbocycles. The normalized spacial score (nSPS) is 12.8. The topological polar surface area (TPSA) is 35.5 Å². The van der Waals surface area contributed by atoms with Crippen molar-refractivity contribution in [2.75, 3.05) is 19.6 Å². The fraction of sp³-hybridized carbons (Fsp3) is 0.625. The molecule has 0 spiro atoms. The van der Waals surface area contributed by atoms with E-state index < -0.39 is 5.82 Å². The van der Waals surface area contributed by atoms with Crippen LogP contribution in [0.5, 0.6) is 5.75 Å². The van der Waals surface area contributed by atoms with E-state index in [4.69, 9.17) is 0 Å². The number of phenols is 1. The molecular formula is C16H27FN2O. The van der Waals surface area contributed by atoms with Crippen molar-refractivity contribution in [1.29, 1.82) is 0 Å². The van der Waals surface area contributed by atoms with Gasteiger partial charge in [-0.2, -0.15) is 0 Å². The highest BCUT2D eigenvalue weighted by Gasteiger charge is 2.08. The third-order valence-corrected chi connectivity index (χ3v) is 3.72. The van der Waals surface area contributed by atoms with Crippen molar-refractivity contribution in [1.82, 2.24) is 10.2 Å². The molecule has 1 aromatic rings. The Hall–Kier alpha value is -1.13. The Labute approximate surface area is 121 Å². The van der Waals surface area contributed by atoms with E-state index in [0.717, 1.165) is 32.5 Å². The molecule has 1 aromatic carbocycles. The Morgan fingerprint density at radius 3 is 2.65 bits per heavy atom. The minimum Gasteiger partial charge on any atom is -0.505 e. The zero-order chi connectivity index (χ0) is 15.0. The fourth-order valence-corrected chi connectivity index (χ4v) is 2.25. The Bertz CT molecular complexity index is 394. The monoisotopic (exact) mass is 282 g/mol. The van der Waals surface area contributed by atoms with Gasteiger partial charge in [0.1, 0.15) is 0 Å². The maximum Gasteiger partial charge on any atom is 0.165 e. The van der Waals surface area contributed by atoms with Crippen molar-refractivity contribution in [2.45, 2.75) is 46.2 Å². The zero-order valence-corrected chi connectivity index (χ0v) is 12.8. The molecular weight excluding hydrogens is 255 g/mol. The number of halogens is 1. The van der Waals surface area contributed by atoms with Gasteiger partial charge >= 0.3 is 0 Å². The van der Waals surface area contributed by atoms with Gasteiger partial charge in [0, 0.05) is 18.2 Å². The molecule has 0 aliphatic heterocycles. The van der Waals surface area contributed by atoms with Crippen molar-refractivity contribution >= 4 is 0 Å². The van der Waals surface area contributed by atoms with E-state index in [2.05, 4.69) is 31.0 Å². The van der Waals surface area contributed by atoms with E-state index in [1.807, 2.05) is 0 Å². The van der Waals surface area contributed by atoms with Gasteiger partial charge in [0.2, 0.25) is 0 Å². The summed E-state index contributed by atoms with van der Waals surface area (Å²) in [5.74, 6) is -0.797. The van der Waals surface area contributed by atoms with Crippen LogP contribution in [0.2, 0.25) is 0 Å².